The lowest BCUT2D eigenvalue weighted by Gasteiger charge is -2.08. The summed E-state index contributed by atoms with van der Waals surface area (Å²) < 4.78 is 6.93. The minimum atomic E-state index is 0.870. The van der Waals surface area contributed by atoms with Crippen molar-refractivity contribution in [3.05, 3.63) is 30.0 Å². The Hall–Kier alpha value is -1.68. The summed E-state index contributed by atoms with van der Waals surface area (Å²) in [5.74, 6) is 6.81. The lowest BCUT2D eigenvalue weighted by atomic mass is 10.1. The van der Waals surface area contributed by atoms with Crippen LogP contribution in [-0.2, 0) is 6.42 Å². The highest BCUT2D eigenvalue weighted by atomic mass is 16.5. The fourth-order valence-electron chi connectivity index (χ4n) is 1.97. The Morgan fingerprint density at radius 3 is 2.76 bits per heavy atom. The maximum absolute atomic E-state index is 5.94. The van der Waals surface area contributed by atoms with Crippen LogP contribution < -0.4 is 10.6 Å². The van der Waals surface area contributed by atoms with Crippen molar-refractivity contribution in [2.45, 2.75) is 6.42 Å². The SMILES string of the molecule is COc1ccc2c(c1)c(CCN(C)C)cn2N. The molecule has 92 valence electrons. The fourth-order valence-corrected chi connectivity index (χ4v) is 1.97. The molecule has 0 aliphatic carbocycles. The Morgan fingerprint density at radius 1 is 1.35 bits per heavy atom. The van der Waals surface area contributed by atoms with Gasteiger partial charge in [0.1, 0.15) is 5.75 Å². The van der Waals surface area contributed by atoms with Gasteiger partial charge in [-0.2, -0.15) is 0 Å². The molecule has 0 fully saturated rings. The number of rotatable bonds is 4. The molecular weight excluding hydrogens is 214 g/mol. The van der Waals surface area contributed by atoms with Crippen LogP contribution in [0.3, 0.4) is 0 Å². The molecular formula is C13H19N3O. The summed E-state index contributed by atoms with van der Waals surface area (Å²) in [6.45, 7) is 1.01. The van der Waals surface area contributed by atoms with E-state index in [1.54, 1.807) is 11.8 Å². The largest absolute Gasteiger partial charge is 0.497 e. The third-order valence-corrected chi connectivity index (χ3v) is 2.95. The summed E-state index contributed by atoms with van der Waals surface area (Å²) in [7, 11) is 5.82. The normalized spacial score (nSPS) is 11.3. The Kier molecular flexibility index (Phi) is 3.24. The lowest BCUT2D eigenvalue weighted by molar-refractivity contribution is 0.413. The molecule has 4 nitrogen and oxygen atoms in total. The van der Waals surface area contributed by atoms with Crippen LogP contribution >= 0.6 is 0 Å². The monoisotopic (exact) mass is 233 g/mol. The number of aromatic nitrogens is 1. The minimum absolute atomic E-state index is 0.870. The molecule has 1 aromatic carbocycles. The number of ether oxygens (including phenoxy) is 1. The molecule has 0 saturated heterocycles. The first-order valence-corrected chi connectivity index (χ1v) is 5.69. The van der Waals surface area contributed by atoms with Crippen molar-refractivity contribution in [3.8, 4) is 5.75 Å². The number of hydrogen-bond donors (Lipinski definition) is 1. The first kappa shape index (κ1) is 11.8. The highest BCUT2D eigenvalue weighted by molar-refractivity contribution is 5.85. The minimum Gasteiger partial charge on any atom is -0.497 e. The van der Waals surface area contributed by atoms with E-state index in [0.29, 0.717) is 0 Å². The number of nitrogens with two attached hydrogens (primary N) is 1. The predicted molar refractivity (Wildman–Crippen MR) is 70.9 cm³/mol. The molecule has 17 heavy (non-hydrogen) atoms. The summed E-state index contributed by atoms with van der Waals surface area (Å²) in [5, 5.41) is 1.17. The summed E-state index contributed by atoms with van der Waals surface area (Å²) in [4.78, 5) is 2.17. The molecule has 2 N–H and O–H groups in total. The standard InChI is InChI=1S/C13H19N3O/c1-15(2)7-6-10-9-16(14)13-5-4-11(17-3)8-12(10)13/h4-5,8-9H,6-7,14H2,1-3H3. The van der Waals surface area contributed by atoms with Gasteiger partial charge in [0.2, 0.25) is 0 Å². The average Bonchev–Trinajstić information content (AvgIpc) is 2.63. The molecule has 0 atom stereocenters. The summed E-state index contributed by atoms with van der Waals surface area (Å²) in [5.41, 5.74) is 2.30. The zero-order valence-corrected chi connectivity index (χ0v) is 10.6. The molecule has 1 aromatic heterocycles. The van der Waals surface area contributed by atoms with E-state index in [-0.39, 0.29) is 0 Å². The van der Waals surface area contributed by atoms with Crippen molar-refractivity contribution in [2.75, 3.05) is 33.6 Å². The lowest BCUT2D eigenvalue weighted by Crippen LogP contribution is -2.15. The van der Waals surface area contributed by atoms with E-state index in [1.807, 2.05) is 24.4 Å². The maximum atomic E-state index is 5.94. The van der Waals surface area contributed by atoms with Gasteiger partial charge in [0.05, 0.1) is 12.6 Å². The van der Waals surface area contributed by atoms with Crippen LogP contribution in [0.4, 0.5) is 0 Å². The molecule has 2 aromatic rings. The molecule has 0 aliphatic heterocycles. The number of nitrogen functional groups attached to an aromatic ring is 1. The van der Waals surface area contributed by atoms with Crippen molar-refractivity contribution in [1.29, 1.82) is 0 Å². The smallest absolute Gasteiger partial charge is 0.119 e. The highest BCUT2D eigenvalue weighted by Crippen LogP contribution is 2.25. The van der Waals surface area contributed by atoms with Crippen LogP contribution in [0.25, 0.3) is 10.9 Å². The van der Waals surface area contributed by atoms with E-state index in [1.165, 1.54) is 10.9 Å². The number of nitrogens with zero attached hydrogens (tertiary/aromatic N) is 2. The third kappa shape index (κ3) is 2.36. The number of fused-ring (bicyclic) bond motifs is 1. The first-order valence-electron chi connectivity index (χ1n) is 5.69. The molecule has 1 heterocycles. The molecule has 0 unspecified atom stereocenters. The van der Waals surface area contributed by atoms with Gasteiger partial charge >= 0.3 is 0 Å². The van der Waals surface area contributed by atoms with E-state index < -0.39 is 0 Å². The summed E-state index contributed by atoms with van der Waals surface area (Å²) >= 11 is 0. The van der Waals surface area contributed by atoms with E-state index in [4.69, 9.17) is 10.6 Å². The predicted octanol–water partition coefficient (Wildman–Crippen LogP) is 1.47. The van der Waals surface area contributed by atoms with E-state index in [2.05, 4.69) is 19.0 Å². The van der Waals surface area contributed by atoms with Crippen LogP contribution in [0.5, 0.6) is 5.75 Å². The zero-order valence-electron chi connectivity index (χ0n) is 10.6. The van der Waals surface area contributed by atoms with Crippen LogP contribution in [0.1, 0.15) is 5.56 Å². The molecule has 0 radical (unpaired) electrons. The molecule has 4 heteroatoms. The molecule has 0 aliphatic rings. The van der Waals surface area contributed by atoms with Gasteiger partial charge < -0.3 is 15.5 Å². The van der Waals surface area contributed by atoms with E-state index in [9.17, 15) is 0 Å². The second kappa shape index (κ2) is 4.67. The highest BCUT2D eigenvalue weighted by Gasteiger charge is 2.08. The number of benzene rings is 1. The van der Waals surface area contributed by atoms with Gasteiger partial charge in [0.15, 0.2) is 0 Å². The molecule has 2 rings (SSSR count). The molecule has 0 saturated carbocycles. The van der Waals surface area contributed by atoms with Gasteiger partial charge in [-0.25, -0.2) is 0 Å². The topological polar surface area (TPSA) is 43.4 Å². The van der Waals surface area contributed by atoms with Crippen LogP contribution in [0, 0.1) is 0 Å². The Bertz CT molecular complexity index is 517. The van der Waals surface area contributed by atoms with Gasteiger partial charge in [-0.3, -0.25) is 4.68 Å². The van der Waals surface area contributed by atoms with E-state index >= 15 is 0 Å². The summed E-state index contributed by atoms with van der Waals surface area (Å²) in [6, 6.07) is 5.97. The van der Waals surface area contributed by atoms with Crippen LogP contribution in [-0.4, -0.2) is 37.3 Å². The molecule has 0 bridgehead atoms. The van der Waals surface area contributed by atoms with Crippen molar-refractivity contribution >= 4 is 10.9 Å². The zero-order chi connectivity index (χ0) is 12.4. The van der Waals surface area contributed by atoms with Crippen molar-refractivity contribution in [3.63, 3.8) is 0 Å². The van der Waals surface area contributed by atoms with Crippen molar-refractivity contribution < 1.29 is 4.74 Å². The maximum Gasteiger partial charge on any atom is 0.119 e. The van der Waals surface area contributed by atoms with Crippen LogP contribution in [0.15, 0.2) is 24.4 Å². The Morgan fingerprint density at radius 2 is 2.12 bits per heavy atom. The quantitative estimate of drug-likeness (QED) is 0.813. The number of likely N-dealkylation sites (N-methyl/N-ethyl adjacent to an activating group) is 1. The number of methoxy groups -OCH3 is 1. The van der Waals surface area contributed by atoms with Crippen molar-refractivity contribution in [2.24, 2.45) is 0 Å². The molecule has 0 spiro atoms. The summed E-state index contributed by atoms with van der Waals surface area (Å²) in [6.07, 6.45) is 2.98. The fraction of sp³-hybridized carbons (Fsp3) is 0.385. The van der Waals surface area contributed by atoms with Crippen molar-refractivity contribution in [1.82, 2.24) is 9.58 Å². The average molecular weight is 233 g/mol. The molecule has 0 amide bonds. The third-order valence-electron chi connectivity index (χ3n) is 2.95. The second-order valence-corrected chi connectivity index (χ2v) is 4.50. The van der Waals surface area contributed by atoms with Gasteiger partial charge in [0.25, 0.3) is 0 Å². The van der Waals surface area contributed by atoms with Crippen LogP contribution in [0.2, 0.25) is 0 Å². The number of hydrogen-bond acceptors (Lipinski definition) is 3. The Labute approximate surface area is 102 Å². The Balaban J connectivity index is 2.40. The van der Waals surface area contributed by atoms with E-state index in [0.717, 1.165) is 24.2 Å². The second-order valence-electron chi connectivity index (χ2n) is 4.50. The van der Waals surface area contributed by atoms with Gasteiger partial charge in [-0.05, 0) is 44.3 Å². The van der Waals surface area contributed by atoms with Gasteiger partial charge in [-0.1, -0.05) is 0 Å². The first-order chi connectivity index (χ1) is 8.11. The van der Waals surface area contributed by atoms with Gasteiger partial charge in [-0.15, -0.1) is 0 Å². The van der Waals surface area contributed by atoms with Gasteiger partial charge in [0, 0.05) is 18.1 Å².